The van der Waals surface area contributed by atoms with Crippen molar-refractivity contribution in [3.8, 4) is 0 Å². The van der Waals surface area contributed by atoms with Crippen LogP contribution in [0.4, 0.5) is 11.9 Å². The average Bonchev–Trinajstić information content (AvgIpc) is 3.80. The van der Waals surface area contributed by atoms with Crippen molar-refractivity contribution in [1.29, 1.82) is 0 Å². The van der Waals surface area contributed by atoms with Crippen molar-refractivity contribution in [2.24, 2.45) is 7.05 Å². The maximum atomic E-state index is 12.6. The molecule has 0 radical (unpaired) electrons. The maximum absolute atomic E-state index is 12.6. The van der Waals surface area contributed by atoms with E-state index in [4.69, 9.17) is 30.2 Å². The van der Waals surface area contributed by atoms with Crippen LogP contribution in [0.2, 0.25) is 0 Å². The van der Waals surface area contributed by atoms with Crippen LogP contribution in [0.3, 0.4) is 0 Å². The fourth-order valence-corrected chi connectivity index (χ4v) is 9.23. The van der Waals surface area contributed by atoms with Gasteiger partial charge in [-0.15, -0.1) is 0 Å². The molecule has 34 heteroatoms. The molecule has 2 saturated heterocycles. The molecule has 4 aromatic heterocycles. The van der Waals surface area contributed by atoms with Gasteiger partial charge in [-0.2, -0.15) is 4.98 Å². The lowest BCUT2D eigenvalue weighted by Crippen LogP contribution is -2.46. The quantitative estimate of drug-likeness (QED) is 0.0408. The summed E-state index contributed by atoms with van der Waals surface area (Å²) in [6.45, 7) is -2.15. The van der Waals surface area contributed by atoms with Crippen LogP contribution in [0.5, 0.6) is 0 Å². The fraction of sp³-hybridized carbons (Fsp3) is 0.545. The molecule has 0 spiro atoms. The number of imidazole rings is 2. The Labute approximate surface area is 310 Å². The summed E-state index contributed by atoms with van der Waals surface area (Å²) in [5, 5.41) is 21.8. The number of nitrogen functional groups attached to an aromatic ring is 2. The summed E-state index contributed by atoms with van der Waals surface area (Å²) in [4.78, 5) is 82.3. The minimum absolute atomic E-state index is 0.00953. The zero-order valence-corrected chi connectivity index (χ0v) is 31.8. The van der Waals surface area contributed by atoms with Crippen molar-refractivity contribution < 1.29 is 89.0 Å². The van der Waals surface area contributed by atoms with Crippen molar-refractivity contribution in [3.63, 3.8) is 0 Å². The molecule has 3 unspecified atom stereocenters. The third kappa shape index (κ3) is 8.82. The second-order valence-corrected chi connectivity index (χ2v) is 17.1. The number of hydrogen-bond donors (Lipinski definition) is 9. The SMILES string of the molecule is CO[C@H]1[C@@H](O)[C@H]([n+]2cn(C)c3c(=O)[nH]c(N)nc32)O[C@@H]1COP(=O)([O-])O[P+](=O)OP(=O)(O)OC[C@H]1O[C@@H](n2cnc3c(=O)[nH]c(N)nc32)[C@H](O)[C@@H]1OP(=O)(O)O. The van der Waals surface area contributed by atoms with Gasteiger partial charge in [0.1, 0.15) is 36.6 Å². The van der Waals surface area contributed by atoms with Gasteiger partial charge in [0.05, 0.1) is 26.6 Å². The topological polar surface area (TPSA) is 436 Å². The first-order valence-corrected chi connectivity index (χ1v) is 20.9. The van der Waals surface area contributed by atoms with Crippen molar-refractivity contribution in [1.82, 2.24) is 34.1 Å². The largest absolute Gasteiger partial charge is 0.753 e. The summed E-state index contributed by atoms with van der Waals surface area (Å²) in [6, 6.07) is 0. The molecule has 0 aromatic carbocycles. The number of phosphoric ester groups is 3. The van der Waals surface area contributed by atoms with Crippen LogP contribution in [0.15, 0.2) is 22.2 Å². The second-order valence-electron chi connectivity index (χ2n) is 11.8. The normalized spacial score (nSPS) is 28.2. The molecular weight excluding hydrogens is 848 g/mol. The van der Waals surface area contributed by atoms with E-state index in [1.165, 1.54) is 22.5 Å². The highest BCUT2D eigenvalue weighted by molar-refractivity contribution is 7.61. The van der Waals surface area contributed by atoms with Crippen LogP contribution in [0.1, 0.15) is 12.5 Å². The number of phosphoric acid groups is 3. The minimum Gasteiger partial charge on any atom is -0.753 e. The summed E-state index contributed by atoms with van der Waals surface area (Å²) in [5.41, 5.74) is 9.33. The van der Waals surface area contributed by atoms with E-state index in [1.807, 2.05) is 0 Å². The average molecular weight is 879 g/mol. The van der Waals surface area contributed by atoms with E-state index >= 15 is 0 Å². The van der Waals surface area contributed by atoms with Crippen molar-refractivity contribution in [2.45, 2.75) is 49.1 Å². The molecule has 2 aliphatic heterocycles. The van der Waals surface area contributed by atoms with Gasteiger partial charge in [-0.1, -0.05) is 4.98 Å². The Morgan fingerprint density at radius 1 is 0.982 bits per heavy atom. The number of nitrogens with two attached hydrogens (primary N) is 2. The highest BCUT2D eigenvalue weighted by Crippen LogP contribution is 2.59. The number of H-pyrrole nitrogens is 2. The van der Waals surface area contributed by atoms with Gasteiger partial charge < -0.3 is 55.1 Å². The maximum Gasteiger partial charge on any atom is 0.715 e. The number of aliphatic hydroxyl groups excluding tert-OH is 2. The number of anilines is 2. The predicted molar refractivity (Wildman–Crippen MR) is 175 cm³/mol. The zero-order valence-electron chi connectivity index (χ0n) is 28.2. The molecule has 0 aliphatic carbocycles. The molecule has 4 aromatic rings. The van der Waals surface area contributed by atoms with Gasteiger partial charge in [0.15, 0.2) is 23.7 Å². The summed E-state index contributed by atoms with van der Waals surface area (Å²) in [7, 11) is -18.1. The molecule has 30 nitrogen and oxygen atoms in total. The first-order valence-electron chi connectivity index (χ1n) is 15.3. The molecule has 6 heterocycles. The van der Waals surface area contributed by atoms with Gasteiger partial charge in [-0.3, -0.25) is 47.2 Å². The van der Waals surface area contributed by atoms with E-state index in [9.17, 15) is 57.6 Å². The number of fused-ring (bicyclic) bond motifs is 2. The molecule has 308 valence electrons. The van der Waals surface area contributed by atoms with Gasteiger partial charge in [0.25, 0.3) is 17.1 Å². The van der Waals surface area contributed by atoms with Crippen molar-refractivity contribution in [2.75, 3.05) is 31.8 Å². The fourth-order valence-electron chi connectivity index (χ4n) is 5.89. The zero-order chi connectivity index (χ0) is 41.1. The lowest BCUT2D eigenvalue weighted by molar-refractivity contribution is -0.745. The van der Waals surface area contributed by atoms with Gasteiger partial charge in [0, 0.05) is 11.7 Å². The van der Waals surface area contributed by atoms with Gasteiger partial charge in [-0.05, 0) is 8.62 Å². The molecule has 56 heavy (non-hydrogen) atoms. The number of nitrogens with zero attached hydrogens (tertiary/aromatic N) is 6. The number of ether oxygens (including phenoxy) is 3. The van der Waals surface area contributed by atoms with Crippen LogP contribution < -0.4 is 32.0 Å². The van der Waals surface area contributed by atoms with E-state index in [2.05, 4.69) is 42.6 Å². The molecule has 11 atom stereocenters. The molecule has 0 saturated carbocycles. The standard InChI is InChI=1S/C22H30N10O20P4/c1-30-6-32(16-10(30)18(36)29-22(24)27-16)20-11(33)13(45-2)7(48-20)3-46-55(41,42)51-53(37)52-56(43,44)47-4-8-14(50-54(38,39)40)12(34)19(49-8)31-5-25-9-15(31)26-21(23)28-17(9)35/h5-8,11-14,19-20,33-34H,3-4H2,1-2H3,(H8-2,23,24,26,27,28,29,35,36,38,39,40,41,42,43,44)/p+1/t7-,8-,11-,12-,13-,14-,19-,20-/m1/s1. The third-order valence-corrected chi connectivity index (χ3v) is 12.2. The number of aromatic nitrogens is 8. The Balaban J connectivity index is 1.08. The number of aromatic amines is 2. The van der Waals surface area contributed by atoms with Crippen molar-refractivity contribution in [3.05, 3.63) is 33.4 Å². The Hall–Kier alpha value is -3.47. The Morgan fingerprint density at radius 2 is 1.62 bits per heavy atom. The summed E-state index contributed by atoms with van der Waals surface area (Å²) >= 11 is 0. The Bertz CT molecular complexity index is 2420. The number of aliphatic hydroxyl groups is 2. The minimum atomic E-state index is -5.69. The summed E-state index contributed by atoms with van der Waals surface area (Å²) in [5.74, 6) is -0.627. The molecule has 11 N–H and O–H groups in total. The van der Waals surface area contributed by atoms with Crippen LogP contribution in [0, 0.1) is 0 Å². The van der Waals surface area contributed by atoms with E-state index in [0.717, 1.165) is 18.0 Å². The third-order valence-electron chi connectivity index (χ3n) is 8.07. The number of methoxy groups -OCH3 is 1. The van der Waals surface area contributed by atoms with E-state index in [0.29, 0.717) is 0 Å². The van der Waals surface area contributed by atoms with Crippen LogP contribution in [-0.2, 0) is 61.7 Å². The lowest BCUT2D eigenvalue weighted by atomic mass is 10.1. The second kappa shape index (κ2) is 15.7. The Morgan fingerprint density at radius 3 is 2.30 bits per heavy atom. The smallest absolute Gasteiger partial charge is 0.715 e. The van der Waals surface area contributed by atoms with Gasteiger partial charge >= 0.3 is 37.4 Å². The highest BCUT2D eigenvalue weighted by atomic mass is 31.3. The molecule has 2 fully saturated rings. The molecule has 2 aliphatic rings. The first-order chi connectivity index (χ1) is 26.1. The lowest BCUT2D eigenvalue weighted by Gasteiger charge is -2.21. The van der Waals surface area contributed by atoms with E-state index < -0.39 is 105 Å². The monoisotopic (exact) mass is 879 g/mol. The van der Waals surface area contributed by atoms with Crippen LogP contribution in [0.25, 0.3) is 22.3 Å². The molecule has 0 bridgehead atoms. The first kappa shape index (κ1) is 42.1. The highest BCUT2D eigenvalue weighted by Gasteiger charge is 2.52. The molecular formula is C22H31N10O20P4+. The van der Waals surface area contributed by atoms with Crippen LogP contribution in [-0.4, -0.2) is 116 Å². The predicted octanol–water partition coefficient (Wildman–Crippen LogP) is -3.85. The van der Waals surface area contributed by atoms with E-state index in [1.54, 1.807) is 0 Å². The van der Waals surface area contributed by atoms with E-state index in [-0.39, 0.29) is 34.2 Å². The number of hydrogen-bond acceptors (Lipinski definition) is 22. The van der Waals surface area contributed by atoms with Gasteiger partial charge in [0.2, 0.25) is 17.7 Å². The molecule has 0 amide bonds. The summed E-state index contributed by atoms with van der Waals surface area (Å²) < 4.78 is 91.7. The van der Waals surface area contributed by atoms with Crippen LogP contribution >= 0.6 is 31.7 Å². The Kier molecular flexibility index (Phi) is 11.8. The summed E-state index contributed by atoms with van der Waals surface area (Å²) in [6.07, 6.45) is -10.7. The number of nitrogens with one attached hydrogen (secondary N) is 2. The molecule has 6 rings (SSSR count). The van der Waals surface area contributed by atoms with Gasteiger partial charge in [-0.25, -0.2) is 18.7 Å². The van der Waals surface area contributed by atoms with Crippen molar-refractivity contribution >= 4 is 65.9 Å². The number of rotatable bonds is 15. The number of aryl methyl sites for hydroxylation is 1.